The molecule has 12 heteroatoms. The number of hydrogen-bond acceptors (Lipinski definition) is 8. The normalized spacial score (nSPS) is 19.2. The molecule has 2 aliphatic rings. The second-order valence-corrected chi connectivity index (χ2v) is 15.0. The predicted molar refractivity (Wildman–Crippen MR) is 190 cm³/mol. The fourth-order valence-corrected chi connectivity index (χ4v) is 6.66. The first-order valence-electron chi connectivity index (χ1n) is 17.8. The fourth-order valence-electron chi connectivity index (χ4n) is 6.66. The number of aromatic nitrogens is 2. The number of nitrogens with zero attached hydrogens (tertiary/aromatic N) is 3. The van der Waals surface area contributed by atoms with Crippen LogP contribution < -0.4 is 5.32 Å². The average Bonchev–Trinajstić information content (AvgIpc) is 3.45. The number of rotatable bonds is 11. The molecule has 51 heavy (non-hydrogen) atoms. The van der Waals surface area contributed by atoms with Crippen LogP contribution in [0.1, 0.15) is 106 Å². The Labute approximate surface area is 299 Å². The summed E-state index contributed by atoms with van der Waals surface area (Å²) in [5.74, 6) is -1.59. The van der Waals surface area contributed by atoms with Crippen LogP contribution in [0.5, 0.6) is 0 Å². The maximum absolute atomic E-state index is 14.0. The molecule has 11 nitrogen and oxygen atoms in total. The third kappa shape index (κ3) is 10.2. The lowest BCUT2D eigenvalue weighted by atomic mass is 10.0. The molecular weight excluding hydrogens is 655 g/mol. The highest BCUT2D eigenvalue weighted by Gasteiger charge is 2.37. The third-order valence-electron chi connectivity index (χ3n) is 8.71. The van der Waals surface area contributed by atoms with Gasteiger partial charge < -0.3 is 33.7 Å². The lowest BCUT2D eigenvalue weighted by Gasteiger charge is -2.41. The summed E-state index contributed by atoms with van der Waals surface area (Å²) in [7, 11) is 0. The Hall–Kier alpha value is -4.13. The zero-order valence-corrected chi connectivity index (χ0v) is 30.8. The Morgan fingerprint density at radius 2 is 1.73 bits per heavy atom. The SMILES string of the molecule is CC(C)c1c(C(=O)NCc2cccc(C(=O)N3CCOCC3)c2)nc(-c2ccc(F)cc2)n1CC[C@@H]1C[C@H](CC(=O)OC(C)(C)C)OC(C)(C)O1. The summed E-state index contributed by atoms with van der Waals surface area (Å²) < 4.78 is 39.3. The van der Waals surface area contributed by atoms with Crippen LogP contribution in [0.25, 0.3) is 11.4 Å². The Morgan fingerprint density at radius 1 is 1.04 bits per heavy atom. The highest BCUT2D eigenvalue weighted by molar-refractivity contribution is 5.95. The minimum absolute atomic E-state index is 0.0655. The molecule has 2 aromatic carbocycles. The topological polar surface area (TPSA) is 121 Å². The zero-order chi connectivity index (χ0) is 36.9. The van der Waals surface area contributed by atoms with Crippen molar-refractivity contribution in [1.82, 2.24) is 19.8 Å². The van der Waals surface area contributed by atoms with E-state index in [0.717, 1.165) is 11.3 Å². The van der Waals surface area contributed by atoms with Crippen molar-refractivity contribution in [3.8, 4) is 11.4 Å². The van der Waals surface area contributed by atoms with Gasteiger partial charge in [-0.2, -0.15) is 0 Å². The Kier molecular flexibility index (Phi) is 12.0. The molecule has 2 amide bonds. The first-order chi connectivity index (χ1) is 24.1. The number of nitrogens with one attached hydrogen (secondary N) is 1. The molecule has 3 heterocycles. The largest absolute Gasteiger partial charge is 0.460 e. The molecule has 0 aliphatic carbocycles. The summed E-state index contributed by atoms with van der Waals surface area (Å²) in [5, 5.41) is 3.01. The molecule has 2 saturated heterocycles. The minimum Gasteiger partial charge on any atom is -0.460 e. The van der Waals surface area contributed by atoms with Gasteiger partial charge in [-0.25, -0.2) is 9.37 Å². The molecule has 2 aliphatic heterocycles. The summed E-state index contributed by atoms with van der Waals surface area (Å²) in [5.41, 5.74) is 2.43. The first kappa shape index (κ1) is 38.1. The quantitative estimate of drug-likeness (QED) is 0.233. The molecule has 3 aromatic rings. The number of benzene rings is 2. The van der Waals surface area contributed by atoms with Gasteiger partial charge in [-0.05, 0) is 88.9 Å². The lowest BCUT2D eigenvalue weighted by molar-refractivity contribution is -0.301. The van der Waals surface area contributed by atoms with Gasteiger partial charge in [0.2, 0.25) is 0 Å². The van der Waals surface area contributed by atoms with E-state index in [2.05, 4.69) is 5.32 Å². The van der Waals surface area contributed by atoms with Crippen LogP contribution in [-0.4, -0.2) is 82.1 Å². The second-order valence-electron chi connectivity index (χ2n) is 15.0. The van der Waals surface area contributed by atoms with E-state index >= 15 is 0 Å². The van der Waals surface area contributed by atoms with Gasteiger partial charge in [0.1, 0.15) is 22.9 Å². The number of carbonyl (C=O) groups is 3. The molecule has 1 N–H and O–H groups in total. The van der Waals surface area contributed by atoms with Crippen molar-refractivity contribution in [3.63, 3.8) is 0 Å². The predicted octanol–water partition coefficient (Wildman–Crippen LogP) is 6.25. The van der Waals surface area contributed by atoms with Gasteiger partial charge in [-0.15, -0.1) is 0 Å². The molecule has 2 fully saturated rings. The summed E-state index contributed by atoms with van der Waals surface area (Å²) in [4.78, 5) is 46.2. The van der Waals surface area contributed by atoms with Crippen LogP contribution in [0.4, 0.5) is 4.39 Å². The van der Waals surface area contributed by atoms with E-state index in [4.69, 9.17) is 23.9 Å². The highest BCUT2D eigenvalue weighted by Crippen LogP contribution is 2.33. The first-order valence-corrected chi connectivity index (χ1v) is 17.8. The van der Waals surface area contributed by atoms with E-state index in [1.165, 1.54) is 12.1 Å². The number of hydrogen-bond donors (Lipinski definition) is 1. The number of ether oxygens (including phenoxy) is 4. The van der Waals surface area contributed by atoms with Crippen molar-refractivity contribution in [2.24, 2.45) is 0 Å². The summed E-state index contributed by atoms with van der Waals surface area (Å²) in [6, 6.07) is 13.3. The molecule has 1 aromatic heterocycles. The van der Waals surface area contributed by atoms with Crippen molar-refractivity contribution in [2.75, 3.05) is 26.3 Å². The van der Waals surface area contributed by atoms with E-state index in [0.29, 0.717) is 62.6 Å². The van der Waals surface area contributed by atoms with Gasteiger partial charge >= 0.3 is 5.97 Å². The summed E-state index contributed by atoms with van der Waals surface area (Å²) >= 11 is 0. The van der Waals surface area contributed by atoms with Gasteiger partial charge in [-0.1, -0.05) is 26.0 Å². The van der Waals surface area contributed by atoms with Gasteiger partial charge in [0, 0.05) is 43.7 Å². The van der Waals surface area contributed by atoms with Gasteiger partial charge in [0.15, 0.2) is 5.79 Å². The standard InChI is InChI=1S/C39H51FN4O7/c1-25(2)34-33(36(46)41-24-26-9-8-10-28(21-26)37(47)43-17-19-48-20-18-43)42-35(27-11-13-29(40)14-12-27)44(34)16-15-30-22-31(50-39(6,7)49-30)23-32(45)51-38(3,4)5/h8-14,21,25,30-31H,15-20,22-24H2,1-7H3,(H,41,46)/t30-,31-/m1/s1. The number of carbonyl (C=O) groups excluding carboxylic acids is 3. The molecule has 0 radical (unpaired) electrons. The second kappa shape index (κ2) is 16.0. The summed E-state index contributed by atoms with van der Waals surface area (Å²) in [6.07, 6.45) is 0.502. The van der Waals surface area contributed by atoms with E-state index in [1.54, 1.807) is 29.2 Å². The van der Waals surface area contributed by atoms with Crippen molar-refractivity contribution in [1.29, 1.82) is 0 Å². The third-order valence-corrected chi connectivity index (χ3v) is 8.71. The van der Waals surface area contributed by atoms with Crippen molar-refractivity contribution >= 4 is 17.8 Å². The molecule has 0 unspecified atom stereocenters. The average molecular weight is 707 g/mol. The Bertz CT molecular complexity index is 1690. The fraction of sp³-hybridized carbons (Fsp3) is 0.538. The smallest absolute Gasteiger partial charge is 0.308 e. The Morgan fingerprint density at radius 3 is 2.39 bits per heavy atom. The number of morpholine rings is 1. The molecule has 0 spiro atoms. The monoisotopic (exact) mass is 706 g/mol. The van der Waals surface area contributed by atoms with Crippen LogP contribution in [-0.2, 0) is 36.8 Å². The maximum atomic E-state index is 14.0. The van der Waals surface area contributed by atoms with E-state index in [-0.39, 0.29) is 60.4 Å². The van der Waals surface area contributed by atoms with Crippen LogP contribution >= 0.6 is 0 Å². The zero-order valence-electron chi connectivity index (χ0n) is 30.8. The number of imidazole rings is 1. The van der Waals surface area contributed by atoms with Crippen LogP contribution in [0.3, 0.4) is 0 Å². The highest BCUT2D eigenvalue weighted by atomic mass is 19.1. The van der Waals surface area contributed by atoms with Crippen LogP contribution in [0.2, 0.25) is 0 Å². The molecule has 0 bridgehead atoms. The van der Waals surface area contributed by atoms with Crippen LogP contribution in [0.15, 0.2) is 48.5 Å². The Balaban J connectivity index is 1.36. The van der Waals surface area contributed by atoms with Gasteiger partial charge in [-0.3, -0.25) is 14.4 Å². The van der Waals surface area contributed by atoms with Crippen molar-refractivity contribution in [2.45, 2.75) is 110 Å². The number of amides is 2. The number of halogens is 1. The van der Waals surface area contributed by atoms with Crippen molar-refractivity contribution in [3.05, 3.63) is 76.9 Å². The van der Waals surface area contributed by atoms with Gasteiger partial charge in [0.05, 0.1) is 37.5 Å². The minimum atomic E-state index is -0.916. The maximum Gasteiger partial charge on any atom is 0.308 e. The molecule has 276 valence electrons. The van der Waals surface area contributed by atoms with E-state index in [9.17, 15) is 18.8 Å². The molecule has 5 rings (SSSR count). The molecule has 0 saturated carbocycles. The van der Waals surface area contributed by atoms with E-state index in [1.807, 2.05) is 65.2 Å². The van der Waals surface area contributed by atoms with Crippen LogP contribution in [0, 0.1) is 5.82 Å². The summed E-state index contributed by atoms with van der Waals surface area (Å²) in [6.45, 7) is 15.9. The van der Waals surface area contributed by atoms with E-state index < -0.39 is 11.4 Å². The van der Waals surface area contributed by atoms with Crippen molar-refractivity contribution < 1.29 is 37.7 Å². The lowest BCUT2D eigenvalue weighted by Crippen LogP contribution is -2.46. The number of esters is 1. The molecular formula is C39H51FN4O7. The molecule has 2 atom stereocenters. The van der Waals surface area contributed by atoms with Gasteiger partial charge in [0.25, 0.3) is 11.8 Å².